The van der Waals surface area contributed by atoms with E-state index >= 15 is 0 Å². The molecule has 0 saturated heterocycles. The lowest BCUT2D eigenvalue weighted by molar-refractivity contribution is -0.141. The van der Waals surface area contributed by atoms with Crippen LogP contribution in [0.2, 0.25) is 0 Å². The largest absolute Gasteiger partial charge is 0.433 e. The molecule has 0 fully saturated rings. The van der Waals surface area contributed by atoms with Gasteiger partial charge in [-0.05, 0) is 32.0 Å². The predicted molar refractivity (Wildman–Crippen MR) is 111 cm³/mol. The molecule has 0 atom stereocenters. The summed E-state index contributed by atoms with van der Waals surface area (Å²) in [6.45, 7) is 5.15. The molecule has 0 aliphatic carbocycles. The van der Waals surface area contributed by atoms with E-state index in [1.54, 1.807) is 11.7 Å². The van der Waals surface area contributed by atoms with Crippen LogP contribution in [-0.2, 0) is 23.1 Å². The van der Waals surface area contributed by atoms with E-state index in [0.717, 1.165) is 23.7 Å². The van der Waals surface area contributed by atoms with E-state index in [0.29, 0.717) is 11.2 Å². The fourth-order valence-electron chi connectivity index (χ4n) is 3.46. The number of hydrogen-bond acceptors (Lipinski definition) is 6. The van der Waals surface area contributed by atoms with Gasteiger partial charge in [0.05, 0.1) is 45.5 Å². The lowest BCUT2D eigenvalue weighted by atomic mass is 10.3. The van der Waals surface area contributed by atoms with Gasteiger partial charge in [-0.1, -0.05) is 6.92 Å². The van der Waals surface area contributed by atoms with Crippen LogP contribution in [0.15, 0.2) is 35.5 Å². The first-order valence-electron chi connectivity index (χ1n) is 9.59. The highest BCUT2D eigenvalue weighted by atomic mass is 32.2. The van der Waals surface area contributed by atoms with Gasteiger partial charge < -0.3 is 4.57 Å². The Labute approximate surface area is 181 Å². The molecule has 0 spiro atoms. The third-order valence-corrected chi connectivity index (χ3v) is 6.82. The van der Waals surface area contributed by atoms with Crippen LogP contribution in [-0.4, -0.2) is 43.5 Å². The Kier molecular flexibility index (Phi) is 5.07. The quantitative estimate of drug-likeness (QED) is 0.458. The molecule has 4 aromatic heterocycles. The van der Waals surface area contributed by atoms with E-state index in [2.05, 4.69) is 20.1 Å². The van der Waals surface area contributed by atoms with Crippen LogP contribution in [0.3, 0.4) is 0 Å². The van der Waals surface area contributed by atoms with Crippen molar-refractivity contribution in [3.8, 4) is 17.2 Å². The second-order valence-electron chi connectivity index (χ2n) is 7.33. The first-order chi connectivity index (χ1) is 14.9. The molecule has 0 aromatic carbocycles. The van der Waals surface area contributed by atoms with Crippen molar-refractivity contribution < 1.29 is 21.6 Å². The predicted octanol–water partition coefficient (Wildman–Crippen LogP) is 3.65. The normalized spacial score (nSPS) is 12.6. The number of aryl methyl sites for hydroxylation is 3. The van der Waals surface area contributed by atoms with Gasteiger partial charge in [0.15, 0.2) is 15.7 Å². The molecule has 4 rings (SSSR count). The highest BCUT2D eigenvalue weighted by Gasteiger charge is 2.33. The zero-order valence-corrected chi connectivity index (χ0v) is 18.5. The highest BCUT2D eigenvalue weighted by molar-refractivity contribution is 7.91. The fraction of sp³-hybridized carbons (Fsp3) is 0.300. The van der Waals surface area contributed by atoms with Gasteiger partial charge in [0.1, 0.15) is 11.4 Å². The second kappa shape index (κ2) is 7.40. The van der Waals surface area contributed by atoms with E-state index in [-0.39, 0.29) is 27.7 Å². The number of imidazole rings is 1. The van der Waals surface area contributed by atoms with Crippen molar-refractivity contribution in [2.45, 2.75) is 31.8 Å². The molecule has 168 valence electrons. The number of hydrogen-bond donors (Lipinski definition) is 0. The SMILES string of the molecule is CCS(=O)(=O)c1cc(-n2nc(C)cc2C)cnc1-c1nc2cc(C(F)(F)F)ncc2n1C. The van der Waals surface area contributed by atoms with Crippen molar-refractivity contribution in [3.63, 3.8) is 0 Å². The van der Waals surface area contributed by atoms with Crippen molar-refractivity contribution in [1.82, 2.24) is 29.3 Å². The van der Waals surface area contributed by atoms with Crippen LogP contribution in [0.5, 0.6) is 0 Å². The number of rotatable bonds is 4. The summed E-state index contributed by atoms with van der Waals surface area (Å²) in [6, 6.07) is 4.13. The molecule has 4 heterocycles. The third kappa shape index (κ3) is 3.64. The molecule has 4 aromatic rings. The average Bonchev–Trinajstić information content (AvgIpc) is 3.25. The van der Waals surface area contributed by atoms with Crippen LogP contribution in [0.4, 0.5) is 13.2 Å². The van der Waals surface area contributed by atoms with E-state index < -0.39 is 21.7 Å². The van der Waals surface area contributed by atoms with Gasteiger partial charge in [-0.25, -0.2) is 28.1 Å². The first-order valence-corrected chi connectivity index (χ1v) is 11.2. The van der Waals surface area contributed by atoms with Crippen LogP contribution in [0, 0.1) is 13.8 Å². The molecule has 0 N–H and O–H groups in total. The van der Waals surface area contributed by atoms with Gasteiger partial charge in [0.25, 0.3) is 0 Å². The van der Waals surface area contributed by atoms with Gasteiger partial charge in [-0.3, -0.25) is 0 Å². The number of pyridine rings is 2. The topological polar surface area (TPSA) is 95.6 Å². The van der Waals surface area contributed by atoms with Crippen LogP contribution >= 0.6 is 0 Å². The Balaban J connectivity index is 1.96. The number of fused-ring (bicyclic) bond motifs is 1. The lowest BCUT2D eigenvalue weighted by Gasteiger charge is -2.12. The highest BCUT2D eigenvalue weighted by Crippen LogP contribution is 2.33. The standard InChI is InChI=1S/C20H19F3N6O2S/c1-5-32(30,31)16-7-13(29-12(3)6-11(2)27-29)9-25-18(16)19-26-14-8-17(20(21,22)23)24-10-15(14)28(19)4/h6-10H,5H2,1-4H3. The lowest BCUT2D eigenvalue weighted by Crippen LogP contribution is -2.11. The van der Waals surface area contributed by atoms with Crippen molar-refractivity contribution in [3.05, 3.63) is 47.7 Å². The van der Waals surface area contributed by atoms with Crippen LogP contribution in [0.25, 0.3) is 28.2 Å². The van der Waals surface area contributed by atoms with Crippen molar-refractivity contribution in [2.75, 3.05) is 5.75 Å². The summed E-state index contributed by atoms with van der Waals surface area (Å²) < 4.78 is 68.0. The average molecular weight is 464 g/mol. The maximum atomic E-state index is 13.1. The van der Waals surface area contributed by atoms with Crippen molar-refractivity contribution in [2.24, 2.45) is 7.05 Å². The number of halogens is 3. The van der Waals surface area contributed by atoms with E-state index in [4.69, 9.17) is 0 Å². The molecule has 0 saturated carbocycles. The van der Waals surface area contributed by atoms with E-state index in [9.17, 15) is 21.6 Å². The van der Waals surface area contributed by atoms with Gasteiger partial charge in [-0.15, -0.1) is 0 Å². The van der Waals surface area contributed by atoms with E-state index in [1.165, 1.54) is 23.8 Å². The first kappa shape index (κ1) is 21.9. The fourth-order valence-corrected chi connectivity index (χ4v) is 4.51. The summed E-state index contributed by atoms with van der Waals surface area (Å²) in [5.41, 5.74) is 1.32. The van der Waals surface area contributed by atoms with Crippen LogP contribution in [0.1, 0.15) is 24.0 Å². The van der Waals surface area contributed by atoms with Crippen molar-refractivity contribution >= 4 is 20.9 Å². The second-order valence-corrected chi connectivity index (χ2v) is 9.58. The zero-order valence-electron chi connectivity index (χ0n) is 17.6. The molecular weight excluding hydrogens is 445 g/mol. The summed E-state index contributed by atoms with van der Waals surface area (Å²) in [5, 5.41) is 4.36. The Bertz CT molecular complexity index is 1450. The van der Waals surface area contributed by atoms with Gasteiger partial charge in [0.2, 0.25) is 0 Å². The molecule has 0 amide bonds. The summed E-state index contributed by atoms with van der Waals surface area (Å²) in [5.74, 6) is -0.0699. The number of aromatic nitrogens is 6. The minimum absolute atomic E-state index is 0.0362. The molecule has 8 nitrogen and oxygen atoms in total. The minimum atomic E-state index is -4.62. The summed E-state index contributed by atoms with van der Waals surface area (Å²) in [4.78, 5) is 12.0. The molecule has 0 unspecified atom stereocenters. The Morgan fingerprint density at radius 1 is 1.06 bits per heavy atom. The number of alkyl halides is 3. The summed E-state index contributed by atoms with van der Waals surface area (Å²) in [6.07, 6.45) is -2.10. The Morgan fingerprint density at radius 2 is 1.78 bits per heavy atom. The minimum Gasteiger partial charge on any atom is -0.324 e. The molecule has 0 aliphatic heterocycles. The van der Waals surface area contributed by atoms with Gasteiger partial charge in [-0.2, -0.15) is 18.3 Å². The molecular formula is C20H19F3N6O2S. The zero-order chi connectivity index (χ0) is 23.4. The maximum absolute atomic E-state index is 13.1. The summed E-state index contributed by atoms with van der Waals surface area (Å²) >= 11 is 0. The van der Waals surface area contributed by atoms with Crippen LogP contribution < -0.4 is 0 Å². The number of sulfone groups is 1. The molecule has 0 radical (unpaired) electrons. The smallest absolute Gasteiger partial charge is 0.324 e. The van der Waals surface area contributed by atoms with E-state index in [1.807, 2.05) is 19.9 Å². The maximum Gasteiger partial charge on any atom is 0.433 e. The van der Waals surface area contributed by atoms with Gasteiger partial charge >= 0.3 is 6.18 Å². The Hall–Kier alpha value is -3.28. The molecule has 0 aliphatic rings. The number of nitrogens with zero attached hydrogens (tertiary/aromatic N) is 6. The molecule has 0 bridgehead atoms. The van der Waals surface area contributed by atoms with Gasteiger partial charge in [0, 0.05) is 12.7 Å². The molecule has 32 heavy (non-hydrogen) atoms. The monoisotopic (exact) mass is 464 g/mol. The summed E-state index contributed by atoms with van der Waals surface area (Å²) in [7, 11) is -2.18. The van der Waals surface area contributed by atoms with Crippen molar-refractivity contribution in [1.29, 1.82) is 0 Å². The molecule has 12 heteroatoms. The third-order valence-electron chi connectivity index (χ3n) is 5.08. The Morgan fingerprint density at radius 3 is 2.38 bits per heavy atom.